The molecule has 2 nitrogen and oxygen atoms in total. The number of aryl methyl sites for hydroxylation is 1. The molecule has 0 saturated heterocycles. The third-order valence-corrected chi connectivity index (χ3v) is 4.71. The summed E-state index contributed by atoms with van der Waals surface area (Å²) >= 11 is 0. The molecule has 0 aliphatic heterocycles. The highest BCUT2D eigenvalue weighted by molar-refractivity contribution is 6.17. The molecule has 0 fully saturated rings. The van der Waals surface area contributed by atoms with E-state index in [0.717, 1.165) is 6.42 Å². The van der Waals surface area contributed by atoms with Crippen LogP contribution in [0, 0.1) is 0 Å². The molecule has 118 valence electrons. The molecular weight excluding hydrogens is 296 g/mol. The third kappa shape index (κ3) is 2.50. The molecule has 0 amide bonds. The number of aliphatic carboxylic acids is 1. The summed E-state index contributed by atoms with van der Waals surface area (Å²) < 4.78 is 0. The predicted molar refractivity (Wildman–Crippen MR) is 99.5 cm³/mol. The molecule has 24 heavy (non-hydrogen) atoms. The van der Waals surface area contributed by atoms with Crippen LogP contribution in [0.3, 0.4) is 0 Å². The van der Waals surface area contributed by atoms with Crippen LogP contribution in [-0.4, -0.2) is 11.1 Å². The van der Waals surface area contributed by atoms with Gasteiger partial charge in [0.2, 0.25) is 0 Å². The van der Waals surface area contributed by atoms with E-state index in [1.54, 1.807) is 0 Å². The van der Waals surface area contributed by atoms with Crippen LogP contribution >= 0.6 is 0 Å². The summed E-state index contributed by atoms with van der Waals surface area (Å²) in [6.45, 7) is 0. The van der Waals surface area contributed by atoms with Crippen molar-refractivity contribution in [3.63, 3.8) is 0 Å². The van der Waals surface area contributed by atoms with Crippen LogP contribution in [0.15, 0.2) is 66.7 Å². The number of carboxylic acid groups (broad SMARTS) is 1. The zero-order valence-electron chi connectivity index (χ0n) is 13.3. The molecule has 2 heteroatoms. The van der Waals surface area contributed by atoms with Gasteiger partial charge < -0.3 is 5.11 Å². The Balaban J connectivity index is 1.89. The largest absolute Gasteiger partial charge is 0.481 e. The molecule has 0 saturated carbocycles. The smallest absolute Gasteiger partial charge is 0.303 e. The summed E-state index contributed by atoms with van der Waals surface area (Å²) in [5.41, 5.74) is 1.23. The molecule has 0 aromatic heterocycles. The molecule has 0 aliphatic carbocycles. The number of rotatable bonds is 4. The van der Waals surface area contributed by atoms with Gasteiger partial charge in [-0.3, -0.25) is 4.79 Å². The number of hydrogen-bond donors (Lipinski definition) is 1. The molecule has 4 aromatic rings. The summed E-state index contributed by atoms with van der Waals surface area (Å²) in [6, 6.07) is 23.5. The molecule has 0 aliphatic rings. The zero-order valence-corrected chi connectivity index (χ0v) is 13.3. The summed E-state index contributed by atoms with van der Waals surface area (Å²) in [5.74, 6) is -0.729. The lowest BCUT2D eigenvalue weighted by Crippen LogP contribution is -1.96. The van der Waals surface area contributed by atoms with Crippen LogP contribution in [-0.2, 0) is 11.2 Å². The Kier molecular flexibility index (Phi) is 3.66. The lowest BCUT2D eigenvalue weighted by Gasteiger charge is -2.11. The minimum absolute atomic E-state index is 0.217. The van der Waals surface area contributed by atoms with Crippen LogP contribution in [0.5, 0.6) is 0 Å². The van der Waals surface area contributed by atoms with Crippen molar-refractivity contribution in [1.29, 1.82) is 0 Å². The van der Waals surface area contributed by atoms with Gasteiger partial charge in [-0.2, -0.15) is 0 Å². The fraction of sp³-hybridized carbons (Fsp3) is 0.136. The van der Waals surface area contributed by atoms with Gasteiger partial charge in [-0.25, -0.2) is 0 Å². The molecule has 0 unspecified atom stereocenters. The Labute approximate surface area is 140 Å². The predicted octanol–water partition coefficient (Wildman–Crippen LogP) is 5.55. The molecule has 0 heterocycles. The van der Waals surface area contributed by atoms with Crippen molar-refractivity contribution in [2.45, 2.75) is 19.3 Å². The molecule has 1 N–H and O–H groups in total. The van der Waals surface area contributed by atoms with Crippen molar-refractivity contribution in [3.8, 4) is 0 Å². The molecule has 0 bridgehead atoms. The van der Waals surface area contributed by atoms with E-state index >= 15 is 0 Å². The zero-order chi connectivity index (χ0) is 16.5. The van der Waals surface area contributed by atoms with Crippen molar-refractivity contribution in [1.82, 2.24) is 0 Å². The Bertz CT molecular complexity index is 1060. The van der Waals surface area contributed by atoms with E-state index < -0.39 is 5.97 Å². The van der Waals surface area contributed by atoms with Gasteiger partial charge in [-0.05, 0) is 50.7 Å². The van der Waals surface area contributed by atoms with Crippen molar-refractivity contribution >= 4 is 38.3 Å². The first-order valence-corrected chi connectivity index (χ1v) is 8.28. The maximum Gasteiger partial charge on any atom is 0.303 e. The average molecular weight is 314 g/mol. The van der Waals surface area contributed by atoms with Gasteiger partial charge in [-0.1, -0.05) is 66.7 Å². The highest BCUT2D eigenvalue weighted by Crippen LogP contribution is 2.32. The fourth-order valence-electron chi connectivity index (χ4n) is 3.57. The lowest BCUT2D eigenvalue weighted by molar-refractivity contribution is -0.137. The van der Waals surface area contributed by atoms with Gasteiger partial charge in [0.1, 0.15) is 0 Å². The number of carbonyl (C=O) groups is 1. The van der Waals surface area contributed by atoms with Gasteiger partial charge in [0, 0.05) is 6.42 Å². The highest BCUT2D eigenvalue weighted by Gasteiger charge is 2.07. The van der Waals surface area contributed by atoms with Crippen LogP contribution in [0.2, 0.25) is 0 Å². The maximum atomic E-state index is 10.8. The summed E-state index contributed by atoms with van der Waals surface area (Å²) in [6.07, 6.45) is 1.68. The molecule has 0 radical (unpaired) electrons. The van der Waals surface area contributed by atoms with Crippen LogP contribution in [0.1, 0.15) is 18.4 Å². The average Bonchev–Trinajstić information content (AvgIpc) is 2.61. The van der Waals surface area contributed by atoms with Crippen molar-refractivity contribution in [2.75, 3.05) is 0 Å². The summed E-state index contributed by atoms with van der Waals surface area (Å²) in [4.78, 5) is 10.8. The minimum atomic E-state index is -0.729. The monoisotopic (exact) mass is 314 g/mol. The first-order chi connectivity index (χ1) is 11.7. The Morgan fingerprint density at radius 3 is 2.25 bits per heavy atom. The van der Waals surface area contributed by atoms with Gasteiger partial charge >= 0.3 is 5.97 Å². The van der Waals surface area contributed by atoms with Gasteiger partial charge in [0.25, 0.3) is 0 Å². The first-order valence-electron chi connectivity index (χ1n) is 8.28. The Hall–Kier alpha value is -2.87. The van der Waals surface area contributed by atoms with E-state index in [2.05, 4.69) is 66.7 Å². The minimum Gasteiger partial charge on any atom is -0.481 e. The lowest BCUT2D eigenvalue weighted by atomic mass is 9.93. The van der Waals surface area contributed by atoms with E-state index in [1.165, 1.54) is 37.9 Å². The molecule has 4 aromatic carbocycles. The van der Waals surface area contributed by atoms with Crippen LogP contribution in [0.25, 0.3) is 32.3 Å². The van der Waals surface area contributed by atoms with Gasteiger partial charge in [-0.15, -0.1) is 0 Å². The van der Waals surface area contributed by atoms with Gasteiger partial charge in [0.05, 0.1) is 0 Å². The van der Waals surface area contributed by atoms with Crippen molar-refractivity contribution in [3.05, 3.63) is 72.3 Å². The number of hydrogen-bond acceptors (Lipinski definition) is 1. The second kappa shape index (κ2) is 5.97. The standard InChI is InChI=1S/C22H18O2/c23-22(24)10-4-7-15-6-3-9-19-18(15)13-14-20-17-8-2-1-5-16(17)11-12-21(19)20/h1-3,5-6,8-9,11-14H,4,7,10H2,(H,23,24). The molecule has 0 atom stereocenters. The van der Waals surface area contributed by atoms with Crippen molar-refractivity contribution in [2.24, 2.45) is 0 Å². The normalized spacial score (nSPS) is 11.3. The van der Waals surface area contributed by atoms with E-state index in [4.69, 9.17) is 5.11 Å². The second-order valence-corrected chi connectivity index (χ2v) is 6.21. The maximum absolute atomic E-state index is 10.8. The van der Waals surface area contributed by atoms with E-state index in [1.807, 2.05) is 0 Å². The molecular formula is C22H18O2. The number of benzene rings is 4. The van der Waals surface area contributed by atoms with Crippen molar-refractivity contribution < 1.29 is 9.90 Å². The van der Waals surface area contributed by atoms with Crippen LogP contribution in [0.4, 0.5) is 0 Å². The third-order valence-electron chi connectivity index (χ3n) is 4.71. The van der Waals surface area contributed by atoms with E-state index in [0.29, 0.717) is 6.42 Å². The Morgan fingerprint density at radius 1 is 0.708 bits per heavy atom. The van der Waals surface area contributed by atoms with Crippen LogP contribution < -0.4 is 0 Å². The number of carboxylic acids is 1. The summed E-state index contributed by atoms with van der Waals surface area (Å²) in [5, 5.41) is 16.4. The number of fused-ring (bicyclic) bond motifs is 5. The first kappa shape index (κ1) is 14.7. The summed E-state index contributed by atoms with van der Waals surface area (Å²) in [7, 11) is 0. The quantitative estimate of drug-likeness (QED) is 0.501. The van der Waals surface area contributed by atoms with Gasteiger partial charge in [0.15, 0.2) is 0 Å². The molecule has 4 rings (SSSR count). The molecule has 0 spiro atoms. The van der Waals surface area contributed by atoms with E-state index in [9.17, 15) is 4.79 Å². The second-order valence-electron chi connectivity index (χ2n) is 6.21. The highest BCUT2D eigenvalue weighted by atomic mass is 16.4. The Morgan fingerprint density at radius 2 is 1.38 bits per heavy atom. The topological polar surface area (TPSA) is 37.3 Å². The fourth-order valence-corrected chi connectivity index (χ4v) is 3.57. The SMILES string of the molecule is O=C(O)CCCc1cccc2c1ccc1c3ccccc3ccc21. The van der Waals surface area contributed by atoms with E-state index in [-0.39, 0.29) is 6.42 Å².